The number of rotatable bonds is 50. The summed E-state index contributed by atoms with van der Waals surface area (Å²) in [4.78, 5) is 24.5. The number of esters is 1. The molecule has 0 heterocycles. The van der Waals surface area contributed by atoms with Crippen molar-refractivity contribution in [3.05, 3.63) is 24.3 Å². The third kappa shape index (κ3) is 47.7. The summed E-state index contributed by atoms with van der Waals surface area (Å²) in [6, 6.07) is -0.561. The first-order valence-corrected chi connectivity index (χ1v) is 27.1. The summed E-state index contributed by atoms with van der Waals surface area (Å²) in [6.45, 7) is 4.91. The van der Waals surface area contributed by atoms with Crippen molar-refractivity contribution in [1.82, 2.24) is 5.32 Å². The third-order valence-corrected chi connectivity index (χ3v) is 12.5. The number of aliphatic hydroxyl groups excluding tert-OH is 2. The molecule has 0 fully saturated rings. The molecule has 0 bridgehead atoms. The van der Waals surface area contributed by atoms with Crippen LogP contribution in [-0.2, 0) is 14.3 Å². The second-order valence-corrected chi connectivity index (χ2v) is 18.6. The van der Waals surface area contributed by atoms with Crippen molar-refractivity contribution < 1.29 is 24.5 Å². The van der Waals surface area contributed by atoms with E-state index in [0.717, 1.165) is 70.6 Å². The van der Waals surface area contributed by atoms with E-state index in [-0.39, 0.29) is 18.5 Å². The maximum Gasteiger partial charge on any atom is 0.305 e. The number of carbonyl (C=O) groups excluding carboxylic acids is 2. The van der Waals surface area contributed by atoms with Crippen LogP contribution in [0.1, 0.15) is 290 Å². The van der Waals surface area contributed by atoms with Crippen molar-refractivity contribution in [3.63, 3.8) is 0 Å². The number of carbonyl (C=O) groups is 2. The van der Waals surface area contributed by atoms with Crippen molar-refractivity contribution >= 4 is 11.9 Å². The molecule has 0 aliphatic rings. The molecule has 2 unspecified atom stereocenters. The van der Waals surface area contributed by atoms with E-state index in [1.54, 1.807) is 0 Å². The molecule has 360 valence electrons. The molecule has 0 aromatic heterocycles. The minimum absolute atomic E-state index is 0.0155. The smallest absolute Gasteiger partial charge is 0.305 e. The average molecular weight is 860 g/mol. The largest absolute Gasteiger partial charge is 0.466 e. The van der Waals surface area contributed by atoms with Crippen LogP contribution in [0.3, 0.4) is 0 Å². The van der Waals surface area contributed by atoms with Crippen LogP contribution in [0.5, 0.6) is 0 Å². The molecule has 0 spiro atoms. The Morgan fingerprint density at radius 3 is 1.18 bits per heavy atom. The van der Waals surface area contributed by atoms with Gasteiger partial charge in [-0.05, 0) is 77.0 Å². The molecular formula is C55H105NO5. The van der Waals surface area contributed by atoms with Gasteiger partial charge in [0.05, 0.1) is 25.4 Å². The Labute approximate surface area is 380 Å². The van der Waals surface area contributed by atoms with Crippen LogP contribution in [-0.4, -0.2) is 47.4 Å². The van der Waals surface area contributed by atoms with Crippen molar-refractivity contribution in [3.8, 4) is 0 Å². The molecule has 3 N–H and O–H groups in total. The number of allylic oxidation sites excluding steroid dienone is 4. The highest BCUT2D eigenvalue weighted by Crippen LogP contribution is 2.16. The molecule has 2 atom stereocenters. The van der Waals surface area contributed by atoms with Crippen LogP contribution >= 0.6 is 0 Å². The summed E-state index contributed by atoms with van der Waals surface area (Å²) in [6.07, 6.45) is 60.1. The van der Waals surface area contributed by atoms with Gasteiger partial charge >= 0.3 is 5.97 Å². The predicted molar refractivity (Wildman–Crippen MR) is 264 cm³/mol. The highest BCUT2D eigenvalue weighted by Gasteiger charge is 2.20. The maximum atomic E-state index is 12.4. The zero-order valence-electron chi connectivity index (χ0n) is 40.9. The molecular weight excluding hydrogens is 755 g/mol. The van der Waals surface area contributed by atoms with E-state index in [2.05, 4.69) is 43.5 Å². The summed E-state index contributed by atoms with van der Waals surface area (Å²) < 4.78 is 5.47. The summed E-state index contributed by atoms with van der Waals surface area (Å²) in [5.74, 6) is -0.0806. The molecule has 6 nitrogen and oxygen atoms in total. The van der Waals surface area contributed by atoms with Crippen LogP contribution in [0.4, 0.5) is 0 Å². The Bertz CT molecular complexity index is 951. The number of nitrogens with one attached hydrogen (secondary N) is 1. The van der Waals surface area contributed by atoms with Crippen molar-refractivity contribution in [1.29, 1.82) is 0 Å². The van der Waals surface area contributed by atoms with Gasteiger partial charge in [-0.1, -0.05) is 224 Å². The molecule has 1 amide bonds. The van der Waals surface area contributed by atoms with Gasteiger partial charge in [-0.2, -0.15) is 0 Å². The molecule has 0 aliphatic carbocycles. The van der Waals surface area contributed by atoms with E-state index in [1.807, 2.05) is 0 Å². The Hall–Kier alpha value is -1.66. The Kier molecular flexibility index (Phi) is 49.6. The number of aliphatic hydroxyl groups is 2. The number of unbranched alkanes of at least 4 members (excludes halogenated alkanes) is 35. The lowest BCUT2D eigenvalue weighted by Gasteiger charge is -2.22. The summed E-state index contributed by atoms with van der Waals surface area (Å²) in [5, 5.41) is 23.2. The average Bonchev–Trinajstić information content (AvgIpc) is 3.26. The van der Waals surface area contributed by atoms with Crippen LogP contribution in [0.2, 0.25) is 0 Å². The minimum atomic E-state index is -0.680. The van der Waals surface area contributed by atoms with E-state index in [1.165, 1.54) is 186 Å². The van der Waals surface area contributed by atoms with Gasteiger partial charge in [0.2, 0.25) is 5.91 Å². The van der Waals surface area contributed by atoms with Gasteiger partial charge in [0, 0.05) is 12.8 Å². The monoisotopic (exact) mass is 860 g/mol. The van der Waals surface area contributed by atoms with Crippen LogP contribution in [0.25, 0.3) is 0 Å². The maximum absolute atomic E-state index is 12.4. The first-order chi connectivity index (χ1) is 30.0. The quantitative estimate of drug-likeness (QED) is 0.0322. The van der Waals surface area contributed by atoms with Crippen LogP contribution in [0.15, 0.2) is 24.3 Å². The van der Waals surface area contributed by atoms with Gasteiger partial charge in [0.1, 0.15) is 0 Å². The van der Waals surface area contributed by atoms with Gasteiger partial charge in [-0.25, -0.2) is 0 Å². The fraction of sp³-hybridized carbons (Fsp3) is 0.891. The number of amides is 1. The minimum Gasteiger partial charge on any atom is -0.466 e. The van der Waals surface area contributed by atoms with Gasteiger partial charge in [-0.3, -0.25) is 9.59 Å². The number of hydrogen-bond acceptors (Lipinski definition) is 5. The lowest BCUT2D eigenvalue weighted by molar-refractivity contribution is -0.143. The second kappa shape index (κ2) is 51.0. The summed E-state index contributed by atoms with van der Waals surface area (Å²) in [7, 11) is 0. The van der Waals surface area contributed by atoms with E-state index >= 15 is 0 Å². The Balaban J connectivity index is 3.48. The number of ether oxygens (including phenoxy) is 1. The SMILES string of the molecule is CCCCCCCCC/C=C\CCCCCCCCCC(=O)OCCCCCCCC/C=C\CCCCCC(=O)NC(CO)C(O)CCCCCCCCCCCCCCC. The van der Waals surface area contributed by atoms with E-state index < -0.39 is 12.1 Å². The van der Waals surface area contributed by atoms with Gasteiger partial charge in [0.25, 0.3) is 0 Å². The summed E-state index contributed by atoms with van der Waals surface area (Å²) >= 11 is 0. The lowest BCUT2D eigenvalue weighted by Crippen LogP contribution is -2.45. The van der Waals surface area contributed by atoms with Crippen LogP contribution in [0, 0.1) is 0 Å². The Morgan fingerprint density at radius 2 is 0.770 bits per heavy atom. The van der Waals surface area contributed by atoms with E-state index in [4.69, 9.17) is 4.74 Å². The molecule has 0 aromatic carbocycles. The molecule has 0 saturated carbocycles. The fourth-order valence-corrected chi connectivity index (χ4v) is 8.28. The molecule has 0 radical (unpaired) electrons. The molecule has 6 heteroatoms. The standard InChI is InChI=1S/C55H105NO5/c1-3-5-7-9-11-13-15-17-18-19-20-21-25-29-33-37-41-45-49-55(60)61-50-46-42-38-34-30-26-22-24-28-32-36-40-44-48-54(59)56-52(51-57)53(58)47-43-39-35-31-27-23-16-14-12-10-8-6-4-2/h18-19,24,28,52-53,57-58H,3-17,20-23,25-27,29-51H2,1-2H3,(H,56,59)/b19-18-,28-24-. The fourth-order valence-electron chi connectivity index (χ4n) is 8.28. The number of hydrogen-bond donors (Lipinski definition) is 3. The molecule has 0 aromatic rings. The lowest BCUT2D eigenvalue weighted by atomic mass is 10.0. The topological polar surface area (TPSA) is 95.9 Å². The summed E-state index contributed by atoms with van der Waals surface area (Å²) in [5.41, 5.74) is 0. The van der Waals surface area contributed by atoms with Gasteiger partial charge < -0.3 is 20.3 Å². The molecule has 61 heavy (non-hydrogen) atoms. The predicted octanol–water partition coefficient (Wildman–Crippen LogP) is 16.3. The van der Waals surface area contributed by atoms with E-state index in [9.17, 15) is 19.8 Å². The third-order valence-electron chi connectivity index (χ3n) is 12.5. The van der Waals surface area contributed by atoms with Crippen molar-refractivity contribution in [2.24, 2.45) is 0 Å². The van der Waals surface area contributed by atoms with E-state index in [0.29, 0.717) is 25.9 Å². The Morgan fingerprint density at radius 1 is 0.443 bits per heavy atom. The second-order valence-electron chi connectivity index (χ2n) is 18.6. The zero-order chi connectivity index (χ0) is 44.4. The molecule has 0 aliphatic heterocycles. The zero-order valence-corrected chi connectivity index (χ0v) is 40.9. The highest BCUT2D eigenvalue weighted by atomic mass is 16.5. The first kappa shape index (κ1) is 59.3. The highest BCUT2D eigenvalue weighted by molar-refractivity contribution is 5.76. The molecule has 0 rings (SSSR count). The van der Waals surface area contributed by atoms with Gasteiger partial charge in [0.15, 0.2) is 0 Å². The molecule has 0 saturated heterocycles. The first-order valence-electron chi connectivity index (χ1n) is 27.1. The van der Waals surface area contributed by atoms with Crippen LogP contribution < -0.4 is 5.32 Å². The van der Waals surface area contributed by atoms with Crippen molar-refractivity contribution in [2.75, 3.05) is 13.2 Å². The van der Waals surface area contributed by atoms with Crippen molar-refractivity contribution in [2.45, 2.75) is 302 Å². The normalized spacial score (nSPS) is 12.8. The van der Waals surface area contributed by atoms with Gasteiger partial charge in [-0.15, -0.1) is 0 Å².